The lowest BCUT2D eigenvalue weighted by Crippen LogP contribution is -2.43. The second-order valence-corrected chi connectivity index (χ2v) is 5.87. The predicted molar refractivity (Wildman–Crippen MR) is 85.2 cm³/mol. The number of piperidine rings is 1. The first-order chi connectivity index (χ1) is 10.6. The molecule has 2 amide bonds. The standard InChI is InChI=1S/C17H25N3O2/c1-3-16(21)20-12-7-15(8-13-20)17(22)19(2)11-6-14-4-9-18-10-5-14/h4-5,9-10,15H,3,6-8,11-13H2,1-2H3. The maximum absolute atomic E-state index is 12.5. The molecule has 1 aliphatic heterocycles. The van der Waals surface area contributed by atoms with Crippen molar-refractivity contribution in [3.05, 3.63) is 30.1 Å². The van der Waals surface area contributed by atoms with Crippen LogP contribution in [-0.2, 0) is 16.0 Å². The maximum atomic E-state index is 12.5. The van der Waals surface area contributed by atoms with E-state index in [4.69, 9.17) is 0 Å². The Bertz CT molecular complexity index is 496. The van der Waals surface area contributed by atoms with Gasteiger partial charge in [-0.2, -0.15) is 0 Å². The number of carbonyl (C=O) groups is 2. The molecule has 0 spiro atoms. The van der Waals surface area contributed by atoms with Crippen molar-refractivity contribution in [2.24, 2.45) is 5.92 Å². The Hall–Kier alpha value is -1.91. The minimum Gasteiger partial charge on any atom is -0.345 e. The third-order valence-corrected chi connectivity index (χ3v) is 4.36. The normalized spacial score (nSPS) is 15.6. The zero-order chi connectivity index (χ0) is 15.9. The summed E-state index contributed by atoms with van der Waals surface area (Å²) >= 11 is 0. The molecule has 1 saturated heterocycles. The highest BCUT2D eigenvalue weighted by atomic mass is 16.2. The summed E-state index contributed by atoms with van der Waals surface area (Å²) in [4.78, 5) is 31.8. The van der Waals surface area contributed by atoms with E-state index in [2.05, 4.69) is 4.98 Å². The topological polar surface area (TPSA) is 53.5 Å². The first kappa shape index (κ1) is 16.5. The van der Waals surface area contributed by atoms with Crippen molar-refractivity contribution in [2.75, 3.05) is 26.7 Å². The average molecular weight is 303 g/mol. The van der Waals surface area contributed by atoms with E-state index in [1.165, 1.54) is 5.56 Å². The van der Waals surface area contributed by atoms with Gasteiger partial charge in [0.2, 0.25) is 11.8 Å². The van der Waals surface area contributed by atoms with Crippen molar-refractivity contribution >= 4 is 11.8 Å². The molecule has 1 fully saturated rings. The second kappa shape index (κ2) is 7.92. The number of hydrogen-bond donors (Lipinski definition) is 0. The van der Waals surface area contributed by atoms with E-state index in [-0.39, 0.29) is 17.7 Å². The second-order valence-electron chi connectivity index (χ2n) is 5.87. The van der Waals surface area contributed by atoms with Gasteiger partial charge in [0.15, 0.2) is 0 Å². The summed E-state index contributed by atoms with van der Waals surface area (Å²) in [5, 5.41) is 0. The fourth-order valence-corrected chi connectivity index (χ4v) is 2.87. The first-order valence-electron chi connectivity index (χ1n) is 8.03. The number of rotatable bonds is 5. The van der Waals surface area contributed by atoms with Gasteiger partial charge in [-0.3, -0.25) is 14.6 Å². The SMILES string of the molecule is CCC(=O)N1CCC(C(=O)N(C)CCc2ccncc2)CC1. The first-order valence-corrected chi connectivity index (χ1v) is 8.03. The van der Waals surface area contributed by atoms with Gasteiger partial charge in [-0.25, -0.2) is 0 Å². The number of pyridine rings is 1. The van der Waals surface area contributed by atoms with E-state index in [1.807, 2.05) is 35.9 Å². The fourth-order valence-electron chi connectivity index (χ4n) is 2.87. The molecular weight excluding hydrogens is 278 g/mol. The lowest BCUT2D eigenvalue weighted by atomic mass is 9.95. The molecule has 120 valence electrons. The number of likely N-dealkylation sites (N-methyl/N-ethyl adjacent to an activating group) is 1. The summed E-state index contributed by atoms with van der Waals surface area (Å²) < 4.78 is 0. The molecule has 5 nitrogen and oxygen atoms in total. The van der Waals surface area contributed by atoms with Crippen molar-refractivity contribution in [1.82, 2.24) is 14.8 Å². The Morgan fingerprint density at radius 3 is 2.50 bits per heavy atom. The molecule has 1 aromatic rings. The summed E-state index contributed by atoms with van der Waals surface area (Å²) in [5.41, 5.74) is 1.19. The average Bonchev–Trinajstić information content (AvgIpc) is 2.59. The van der Waals surface area contributed by atoms with Gasteiger partial charge in [0.05, 0.1) is 0 Å². The Morgan fingerprint density at radius 1 is 1.27 bits per heavy atom. The molecule has 2 heterocycles. The summed E-state index contributed by atoms with van der Waals surface area (Å²) in [6.07, 6.45) is 6.51. The van der Waals surface area contributed by atoms with Gasteiger partial charge in [0, 0.05) is 51.4 Å². The maximum Gasteiger partial charge on any atom is 0.225 e. The van der Waals surface area contributed by atoms with Gasteiger partial charge in [-0.05, 0) is 37.0 Å². The third-order valence-electron chi connectivity index (χ3n) is 4.36. The smallest absolute Gasteiger partial charge is 0.225 e. The molecule has 0 bridgehead atoms. The van der Waals surface area contributed by atoms with Crippen molar-refractivity contribution in [1.29, 1.82) is 0 Å². The Morgan fingerprint density at radius 2 is 1.91 bits per heavy atom. The quantitative estimate of drug-likeness (QED) is 0.832. The van der Waals surface area contributed by atoms with Crippen LogP contribution in [0.15, 0.2) is 24.5 Å². The molecule has 1 aromatic heterocycles. The van der Waals surface area contributed by atoms with Crippen LogP contribution in [-0.4, -0.2) is 53.3 Å². The Labute approximate surface area is 132 Å². The van der Waals surface area contributed by atoms with Crippen molar-refractivity contribution < 1.29 is 9.59 Å². The molecule has 1 aliphatic rings. The molecule has 0 saturated carbocycles. The van der Waals surface area contributed by atoms with Crippen molar-refractivity contribution in [2.45, 2.75) is 32.6 Å². The van der Waals surface area contributed by atoms with E-state index < -0.39 is 0 Å². The van der Waals surface area contributed by atoms with Crippen molar-refractivity contribution in [3.8, 4) is 0 Å². The fraction of sp³-hybridized carbons (Fsp3) is 0.588. The molecular formula is C17H25N3O2. The van der Waals surface area contributed by atoms with E-state index in [9.17, 15) is 9.59 Å². The highest BCUT2D eigenvalue weighted by Gasteiger charge is 2.28. The molecule has 5 heteroatoms. The van der Waals surface area contributed by atoms with Gasteiger partial charge in [-0.1, -0.05) is 6.92 Å². The highest BCUT2D eigenvalue weighted by Crippen LogP contribution is 2.20. The number of nitrogens with zero attached hydrogens (tertiary/aromatic N) is 3. The summed E-state index contributed by atoms with van der Waals surface area (Å²) in [6.45, 7) is 4.02. The zero-order valence-corrected chi connectivity index (χ0v) is 13.5. The van der Waals surface area contributed by atoms with E-state index in [1.54, 1.807) is 12.4 Å². The number of aromatic nitrogens is 1. The van der Waals surface area contributed by atoms with Crippen LogP contribution < -0.4 is 0 Å². The molecule has 0 aliphatic carbocycles. The molecule has 2 rings (SSSR count). The van der Waals surface area contributed by atoms with E-state index in [0.29, 0.717) is 19.5 Å². The molecule has 0 N–H and O–H groups in total. The predicted octanol–water partition coefficient (Wildman–Crippen LogP) is 1.73. The Balaban J connectivity index is 1.78. The van der Waals surface area contributed by atoms with E-state index in [0.717, 1.165) is 25.8 Å². The van der Waals surface area contributed by atoms with Gasteiger partial charge in [0.25, 0.3) is 0 Å². The summed E-state index contributed by atoms with van der Waals surface area (Å²) in [7, 11) is 1.87. The number of amides is 2. The lowest BCUT2D eigenvalue weighted by Gasteiger charge is -2.33. The number of carbonyl (C=O) groups excluding carboxylic acids is 2. The minimum absolute atomic E-state index is 0.0587. The van der Waals surface area contributed by atoms with E-state index >= 15 is 0 Å². The number of likely N-dealkylation sites (tertiary alicyclic amines) is 1. The zero-order valence-electron chi connectivity index (χ0n) is 13.5. The van der Waals surface area contributed by atoms with Crippen LogP contribution in [0.25, 0.3) is 0 Å². The van der Waals surface area contributed by atoms with Crippen LogP contribution in [0.5, 0.6) is 0 Å². The minimum atomic E-state index is 0.0587. The van der Waals surface area contributed by atoms with Crippen LogP contribution in [0.3, 0.4) is 0 Å². The van der Waals surface area contributed by atoms with Crippen LogP contribution in [0.4, 0.5) is 0 Å². The molecule has 22 heavy (non-hydrogen) atoms. The lowest BCUT2D eigenvalue weighted by molar-refractivity contribution is -0.139. The summed E-state index contributed by atoms with van der Waals surface area (Å²) in [6, 6.07) is 3.96. The largest absolute Gasteiger partial charge is 0.345 e. The van der Waals surface area contributed by atoms with Crippen LogP contribution in [0.1, 0.15) is 31.7 Å². The molecule has 0 unspecified atom stereocenters. The van der Waals surface area contributed by atoms with Gasteiger partial charge in [0.1, 0.15) is 0 Å². The van der Waals surface area contributed by atoms with Crippen LogP contribution in [0, 0.1) is 5.92 Å². The third kappa shape index (κ3) is 4.29. The number of hydrogen-bond acceptors (Lipinski definition) is 3. The Kier molecular flexibility index (Phi) is 5.92. The van der Waals surface area contributed by atoms with Gasteiger partial charge >= 0.3 is 0 Å². The van der Waals surface area contributed by atoms with Crippen LogP contribution >= 0.6 is 0 Å². The van der Waals surface area contributed by atoms with Crippen LogP contribution in [0.2, 0.25) is 0 Å². The van der Waals surface area contributed by atoms with Gasteiger partial charge < -0.3 is 9.80 Å². The highest BCUT2D eigenvalue weighted by molar-refractivity contribution is 5.80. The van der Waals surface area contributed by atoms with Crippen molar-refractivity contribution in [3.63, 3.8) is 0 Å². The molecule has 0 radical (unpaired) electrons. The van der Waals surface area contributed by atoms with Gasteiger partial charge in [-0.15, -0.1) is 0 Å². The monoisotopic (exact) mass is 303 g/mol. The summed E-state index contributed by atoms with van der Waals surface area (Å²) in [5.74, 6) is 0.456. The molecule has 0 atom stereocenters. The molecule has 0 aromatic carbocycles.